The van der Waals surface area contributed by atoms with E-state index in [0.29, 0.717) is 0 Å². The minimum Gasteiger partial charge on any atom is -0.102 e. The Bertz CT molecular complexity index is 282. The maximum absolute atomic E-state index is 3.99. The zero-order chi connectivity index (χ0) is 9.19. The normalized spacial score (nSPS) is 11.2. The quantitative estimate of drug-likeness (QED) is 0.581. The Hall–Kier alpha value is -1.04. The summed E-state index contributed by atoms with van der Waals surface area (Å²) in [5.74, 6) is 0. The number of hydrogen-bond donors (Lipinski definition) is 0. The van der Waals surface area contributed by atoms with Crippen molar-refractivity contribution in [2.24, 2.45) is 0 Å². The van der Waals surface area contributed by atoms with Gasteiger partial charge in [0, 0.05) is 5.41 Å². The highest BCUT2D eigenvalue weighted by atomic mass is 14.2. The summed E-state index contributed by atoms with van der Waals surface area (Å²) >= 11 is 0. The van der Waals surface area contributed by atoms with Gasteiger partial charge in [0.05, 0.1) is 0 Å². The molecule has 0 aliphatic rings. The number of hydrogen-bond acceptors (Lipinski definition) is 0. The molecule has 12 heavy (non-hydrogen) atoms. The molecule has 1 rings (SSSR count). The van der Waals surface area contributed by atoms with Crippen LogP contribution in [-0.2, 0) is 5.41 Å². The van der Waals surface area contributed by atoms with E-state index in [0.717, 1.165) is 5.56 Å². The summed E-state index contributed by atoms with van der Waals surface area (Å²) in [6.45, 7) is 12.1. The summed E-state index contributed by atoms with van der Waals surface area (Å²) < 4.78 is 0. The molecule has 0 unspecified atom stereocenters. The van der Waals surface area contributed by atoms with Crippen LogP contribution in [-0.4, -0.2) is 0 Å². The van der Waals surface area contributed by atoms with E-state index in [1.54, 1.807) is 0 Å². The van der Waals surface area contributed by atoms with Gasteiger partial charge in [0.25, 0.3) is 0 Å². The predicted molar refractivity (Wildman–Crippen MR) is 54.1 cm³/mol. The van der Waals surface area contributed by atoms with E-state index in [2.05, 4.69) is 33.4 Å². The average molecular weight is 159 g/mol. The van der Waals surface area contributed by atoms with Crippen LogP contribution in [0.2, 0.25) is 0 Å². The van der Waals surface area contributed by atoms with Gasteiger partial charge >= 0.3 is 0 Å². The standard InChI is InChI=1S/C12H15/c1-5-12(3,4)11-9-7-6-8-10(11)2/h5-9H,1-2H2,3-4H3. The van der Waals surface area contributed by atoms with Crippen molar-refractivity contribution in [3.05, 3.63) is 55.0 Å². The van der Waals surface area contributed by atoms with Gasteiger partial charge in [-0.25, -0.2) is 0 Å². The molecule has 0 atom stereocenters. The Kier molecular flexibility index (Phi) is 2.37. The van der Waals surface area contributed by atoms with Gasteiger partial charge in [-0.05, 0) is 18.1 Å². The summed E-state index contributed by atoms with van der Waals surface area (Å²) in [6.07, 6.45) is 1.96. The fourth-order valence-electron chi connectivity index (χ4n) is 1.26. The van der Waals surface area contributed by atoms with Crippen molar-refractivity contribution < 1.29 is 0 Å². The second-order valence-electron chi connectivity index (χ2n) is 3.58. The molecule has 1 aromatic carbocycles. The number of allylic oxidation sites excluding steroid dienone is 1. The van der Waals surface area contributed by atoms with Crippen LogP contribution in [0.15, 0.2) is 36.9 Å². The first-order valence-electron chi connectivity index (χ1n) is 4.13. The lowest BCUT2D eigenvalue weighted by molar-refractivity contribution is 0.669. The van der Waals surface area contributed by atoms with Gasteiger partial charge in [0.2, 0.25) is 0 Å². The van der Waals surface area contributed by atoms with E-state index in [1.807, 2.05) is 24.3 Å². The number of benzene rings is 1. The van der Waals surface area contributed by atoms with E-state index in [1.165, 1.54) is 5.56 Å². The van der Waals surface area contributed by atoms with Crippen LogP contribution in [0.1, 0.15) is 25.0 Å². The molecule has 0 aromatic heterocycles. The third-order valence-electron chi connectivity index (χ3n) is 2.22. The monoisotopic (exact) mass is 159 g/mol. The van der Waals surface area contributed by atoms with Gasteiger partial charge in [0.1, 0.15) is 0 Å². The highest BCUT2D eigenvalue weighted by Gasteiger charge is 2.17. The minimum absolute atomic E-state index is 0.0261. The third-order valence-corrected chi connectivity index (χ3v) is 2.22. The Morgan fingerprint density at radius 1 is 1.25 bits per heavy atom. The first-order chi connectivity index (χ1) is 5.58. The molecule has 0 N–H and O–H groups in total. The summed E-state index contributed by atoms with van der Waals surface area (Å²) in [5.41, 5.74) is 2.36. The van der Waals surface area contributed by atoms with E-state index in [4.69, 9.17) is 0 Å². The second kappa shape index (κ2) is 3.14. The summed E-state index contributed by atoms with van der Waals surface area (Å²) in [5, 5.41) is 0. The van der Waals surface area contributed by atoms with Crippen LogP contribution in [0.4, 0.5) is 0 Å². The molecule has 0 aliphatic heterocycles. The topological polar surface area (TPSA) is 0 Å². The Morgan fingerprint density at radius 2 is 1.83 bits per heavy atom. The summed E-state index contributed by atoms with van der Waals surface area (Å²) in [6, 6.07) is 8.17. The fourth-order valence-corrected chi connectivity index (χ4v) is 1.26. The lowest BCUT2D eigenvalue weighted by Gasteiger charge is -2.22. The SMILES string of the molecule is [CH2]c1ccccc1C(C)(C)C=C. The molecule has 63 valence electrons. The molecule has 0 amide bonds. The van der Waals surface area contributed by atoms with Gasteiger partial charge in [-0.3, -0.25) is 0 Å². The maximum atomic E-state index is 3.99. The molecule has 1 aromatic rings. The smallest absolute Gasteiger partial charge is 0.00754 e. The second-order valence-corrected chi connectivity index (χ2v) is 3.58. The number of rotatable bonds is 2. The van der Waals surface area contributed by atoms with Gasteiger partial charge in [-0.1, -0.05) is 44.2 Å². The van der Waals surface area contributed by atoms with Crippen molar-refractivity contribution in [2.45, 2.75) is 19.3 Å². The summed E-state index contributed by atoms with van der Waals surface area (Å²) in [4.78, 5) is 0. The Labute approximate surface area is 74.9 Å². The molecule has 0 spiro atoms. The molecule has 0 fully saturated rings. The van der Waals surface area contributed by atoms with Gasteiger partial charge in [-0.2, -0.15) is 0 Å². The predicted octanol–water partition coefficient (Wildman–Crippen LogP) is 3.33. The molecular formula is C12H15. The van der Waals surface area contributed by atoms with Crippen LogP contribution >= 0.6 is 0 Å². The van der Waals surface area contributed by atoms with E-state index in [9.17, 15) is 0 Å². The summed E-state index contributed by atoms with van der Waals surface area (Å²) in [7, 11) is 0. The largest absolute Gasteiger partial charge is 0.102 e. The van der Waals surface area contributed by atoms with Crippen molar-refractivity contribution in [2.75, 3.05) is 0 Å². The third kappa shape index (κ3) is 1.58. The first kappa shape index (κ1) is 9.05. The van der Waals surface area contributed by atoms with Crippen molar-refractivity contribution in [3.63, 3.8) is 0 Å². The highest BCUT2D eigenvalue weighted by Crippen LogP contribution is 2.26. The lowest BCUT2D eigenvalue weighted by Crippen LogP contribution is -2.14. The molecule has 0 aliphatic carbocycles. The highest BCUT2D eigenvalue weighted by molar-refractivity contribution is 5.37. The minimum atomic E-state index is 0.0261. The van der Waals surface area contributed by atoms with Crippen molar-refractivity contribution in [1.29, 1.82) is 0 Å². The van der Waals surface area contributed by atoms with Crippen LogP contribution < -0.4 is 0 Å². The molecule has 0 heterocycles. The van der Waals surface area contributed by atoms with Gasteiger partial charge in [-0.15, -0.1) is 6.58 Å². The van der Waals surface area contributed by atoms with Crippen LogP contribution in [0.5, 0.6) is 0 Å². The molecule has 0 heteroatoms. The van der Waals surface area contributed by atoms with E-state index < -0.39 is 0 Å². The van der Waals surface area contributed by atoms with Gasteiger partial charge < -0.3 is 0 Å². The van der Waals surface area contributed by atoms with E-state index in [-0.39, 0.29) is 5.41 Å². The van der Waals surface area contributed by atoms with Crippen molar-refractivity contribution >= 4 is 0 Å². The van der Waals surface area contributed by atoms with Crippen LogP contribution in [0, 0.1) is 6.92 Å². The first-order valence-corrected chi connectivity index (χ1v) is 4.13. The fraction of sp³-hybridized carbons (Fsp3) is 0.250. The van der Waals surface area contributed by atoms with Crippen molar-refractivity contribution in [3.8, 4) is 0 Å². The van der Waals surface area contributed by atoms with Crippen LogP contribution in [0.25, 0.3) is 0 Å². The average Bonchev–Trinajstić information content (AvgIpc) is 2.05. The maximum Gasteiger partial charge on any atom is 0.00754 e. The van der Waals surface area contributed by atoms with Crippen LogP contribution in [0.3, 0.4) is 0 Å². The molecule has 0 nitrogen and oxygen atoms in total. The molecule has 0 bridgehead atoms. The lowest BCUT2D eigenvalue weighted by atomic mass is 9.82. The molecule has 0 saturated carbocycles. The zero-order valence-corrected chi connectivity index (χ0v) is 7.80. The van der Waals surface area contributed by atoms with Gasteiger partial charge in [0.15, 0.2) is 0 Å². The molecule has 1 radical (unpaired) electrons. The molecular weight excluding hydrogens is 144 g/mol. The van der Waals surface area contributed by atoms with Crippen molar-refractivity contribution in [1.82, 2.24) is 0 Å². The molecule has 0 saturated heterocycles. The Balaban J connectivity index is 3.19. The zero-order valence-electron chi connectivity index (χ0n) is 7.80. The Morgan fingerprint density at radius 3 is 2.33 bits per heavy atom. The van der Waals surface area contributed by atoms with E-state index >= 15 is 0 Å².